The van der Waals surface area contributed by atoms with Crippen molar-refractivity contribution in [1.29, 1.82) is 0 Å². The molecule has 1 aromatic carbocycles. The van der Waals surface area contributed by atoms with Crippen molar-refractivity contribution in [2.24, 2.45) is 14.1 Å². The number of carbonyl (C=O) groups is 1. The first-order valence-electron chi connectivity index (χ1n) is 10.2. The van der Waals surface area contributed by atoms with E-state index in [1.54, 1.807) is 11.6 Å². The fourth-order valence-electron chi connectivity index (χ4n) is 3.30. The molecule has 0 saturated carbocycles. The molecule has 0 bridgehead atoms. The van der Waals surface area contributed by atoms with Crippen LogP contribution in [0, 0.1) is 6.92 Å². The molecule has 3 heterocycles. The van der Waals surface area contributed by atoms with Gasteiger partial charge in [-0.3, -0.25) is 18.7 Å². The summed E-state index contributed by atoms with van der Waals surface area (Å²) in [7, 11) is 2.96. The van der Waals surface area contributed by atoms with E-state index < -0.39 is 17.2 Å². The van der Waals surface area contributed by atoms with E-state index >= 15 is 0 Å². The van der Waals surface area contributed by atoms with Gasteiger partial charge in [0.15, 0.2) is 11.2 Å². The largest absolute Gasteiger partial charge is 0.486 e. The smallest absolute Gasteiger partial charge is 0.332 e. The van der Waals surface area contributed by atoms with Gasteiger partial charge in [-0.25, -0.2) is 14.8 Å². The maximum absolute atomic E-state index is 12.4. The Morgan fingerprint density at radius 2 is 1.88 bits per heavy atom. The highest BCUT2D eigenvalue weighted by Gasteiger charge is 2.15. The van der Waals surface area contributed by atoms with Crippen molar-refractivity contribution in [1.82, 2.24) is 23.7 Å². The van der Waals surface area contributed by atoms with E-state index in [1.807, 2.05) is 36.6 Å². The van der Waals surface area contributed by atoms with Crippen molar-refractivity contribution in [3.8, 4) is 5.75 Å². The Morgan fingerprint density at radius 1 is 1.12 bits per heavy atom. The molecule has 0 saturated heterocycles. The second-order valence-corrected chi connectivity index (χ2v) is 8.49. The lowest BCUT2D eigenvalue weighted by Gasteiger charge is -2.07. The lowest BCUT2D eigenvalue weighted by Crippen LogP contribution is -2.37. The zero-order valence-electron chi connectivity index (χ0n) is 18.5. The highest BCUT2D eigenvalue weighted by atomic mass is 32.1. The molecule has 33 heavy (non-hydrogen) atoms. The minimum atomic E-state index is -0.448. The summed E-state index contributed by atoms with van der Waals surface area (Å²) < 4.78 is 14.9. The van der Waals surface area contributed by atoms with Crippen LogP contribution in [0.15, 0.2) is 45.6 Å². The van der Waals surface area contributed by atoms with Gasteiger partial charge in [0, 0.05) is 19.5 Å². The molecule has 0 radical (unpaired) electrons. The summed E-state index contributed by atoms with van der Waals surface area (Å²) >= 11 is 1.42. The maximum Gasteiger partial charge on any atom is 0.332 e. The zero-order valence-corrected chi connectivity index (χ0v) is 19.3. The van der Waals surface area contributed by atoms with Crippen LogP contribution >= 0.6 is 11.3 Å². The predicted octanol–water partition coefficient (Wildman–Crippen LogP) is 1.56. The Hall–Kier alpha value is -3.73. The Bertz CT molecular complexity index is 1410. The highest BCUT2D eigenvalue weighted by Crippen LogP contribution is 2.16. The van der Waals surface area contributed by atoms with Gasteiger partial charge in [0.1, 0.15) is 24.0 Å². The number of ether oxygens (including phenoxy) is 2. The van der Waals surface area contributed by atoms with E-state index in [2.05, 4.69) is 9.97 Å². The molecule has 172 valence electrons. The number of hydrogen-bond donors (Lipinski definition) is 0. The number of imidazole rings is 1. The lowest BCUT2D eigenvalue weighted by atomic mass is 10.2. The SMILES string of the molecule is Cc1ccc(OCc2nc(CC(=O)OCCn3cnc4c3c(=O)n(C)c(=O)n4C)cs2)cc1. The van der Waals surface area contributed by atoms with Gasteiger partial charge in [0.05, 0.1) is 25.0 Å². The number of esters is 1. The molecule has 0 aliphatic carbocycles. The van der Waals surface area contributed by atoms with Crippen molar-refractivity contribution in [3.05, 3.63) is 73.1 Å². The van der Waals surface area contributed by atoms with Crippen molar-refractivity contribution in [2.45, 2.75) is 26.5 Å². The van der Waals surface area contributed by atoms with Crippen molar-refractivity contribution in [2.75, 3.05) is 6.61 Å². The van der Waals surface area contributed by atoms with Crippen LogP contribution in [-0.2, 0) is 43.2 Å². The summed E-state index contributed by atoms with van der Waals surface area (Å²) in [5, 5.41) is 2.58. The molecule has 0 N–H and O–H groups in total. The van der Waals surface area contributed by atoms with Gasteiger partial charge in [-0.15, -0.1) is 11.3 Å². The van der Waals surface area contributed by atoms with Crippen LogP contribution in [-0.4, -0.2) is 36.2 Å². The van der Waals surface area contributed by atoms with E-state index in [4.69, 9.17) is 9.47 Å². The summed E-state index contributed by atoms with van der Waals surface area (Å²) in [6, 6.07) is 7.76. The molecule has 3 aromatic heterocycles. The molecule has 0 atom stereocenters. The summed E-state index contributed by atoms with van der Waals surface area (Å²) in [6.45, 7) is 2.64. The fraction of sp³-hybridized carbons (Fsp3) is 0.318. The summed E-state index contributed by atoms with van der Waals surface area (Å²) in [6.07, 6.45) is 1.50. The Morgan fingerprint density at radius 3 is 2.64 bits per heavy atom. The van der Waals surface area contributed by atoms with Gasteiger partial charge < -0.3 is 14.0 Å². The molecule has 4 rings (SSSR count). The zero-order chi connectivity index (χ0) is 23.5. The third-order valence-electron chi connectivity index (χ3n) is 5.12. The number of thiazole rings is 1. The van der Waals surface area contributed by atoms with E-state index in [0.29, 0.717) is 12.3 Å². The van der Waals surface area contributed by atoms with Crippen molar-refractivity contribution < 1.29 is 14.3 Å². The molecule has 0 spiro atoms. The Balaban J connectivity index is 1.30. The van der Waals surface area contributed by atoms with Crippen LogP contribution in [0.5, 0.6) is 5.75 Å². The third kappa shape index (κ3) is 4.87. The van der Waals surface area contributed by atoms with Crippen molar-refractivity contribution >= 4 is 28.5 Å². The number of benzene rings is 1. The normalized spacial score (nSPS) is 11.1. The fourth-order valence-corrected chi connectivity index (χ4v) is 4.00. The topological polar surface area (TPSA) is 110 Å². The van der Waals surface area contributed by atoms with Crippen LogP contribution in [0.4, 0.5) is 0 Å². The maximum atomic E-state index is 12.4. The average molecular weight is 470 g/mol. The number of fused-ring (bicyclic) bond motifs is 1. The molecule has 0 unspecified atom stereocenters. The van der Waals surface area contributed by atoms with Gasteiger partial charge in [-0.05, 0) is 19.1 Å². The summed E-state index contributed by atoms with van der Waals surface area (Å²) in [5.74, 6) is 0.342. The molecular weight excluding hydrogens is 446 g/mol. The number of carbonyl (C=O) groups excluding carboxylic acids is 1. The van der Waals surface area contributed by atoms with E-state index in [1.165, 1.54) is 29.3 Å². The van der Waals surface area contributed by atoms with Crippen LogP contribution in [0.3, 0.4) is 0 Å². The summed E-state index contributed by atoms with van der Waals surface area (Å²) in [4.78, 5) is 45.2. The first-order valence-corrected chi connectivity index (χ1v) is 11.1. The minimum absolute atomic E-state index is 0.0436. The molecule has 11 heteroatoms. The van der Waals surface area contributed by atoms with E-state index in [-0.39, 0.29) is 30.7 Å². The quantitative estimate of drug-likeness (QED) is 0.360. The van der Waals surface area contributed by atoms with Gasteiger partial charge in [-0.1, -0.05) is 17.7 Å². The monoisotopic (exact) mass is 469 g/mol. The van der Waals surface area contributed by atoms with Crippen LogP contribution in [0.1, 0.15) is 16.3 Å². The number of aromatic nitrogens is 5. The van der Waals surface area contributed by atoms with Gasteiger partial charge in [0.2, 0.25) is 0 Å². The van der Waals surface area contributed by atoms with E-state index in [0.717, 1.165) is 20.9 Å². The Labute approximate surface area is 192 Å². The first-order chi connectivity index (χ1) is 15.8. The number of aryl methyl sites for hydroxylation is 2. The second kappa shape index (κ2) is 9.41. The molecule has 0 aliphatic heterocycles. The molecule has 4 aromatic rings. The first kappa shape index (κ1) is 22.5. The molecule has 0 amide bonds. The molecular formula is C22H23N5O5S. The van der Waals surface area contributed by atoms with Gasteiger partial charge >= 0.3 is 11.7 Å². The minimum Gasteiger partial charge on any atom is -0.486 e. The van der Waals surface area contributed by atoms with Crippen LogP contribution in [0.2, 0.25) is 0 Å². The number of hydrogen-bond acceptors (Lipinski definition) is 8. The predicted molar refractivity (Wildman–Crippen MR) is 123 cm³/mol. The highest BCUT2D eigenvalue weighted by molar-refractivity contribution is 7.09. The van der Waals surface area contributed by atoms with Crippen molar-refractivity contribution in [3.63, 3.8) is 0 Å². The van der Waals surface area contributed by atoms with E-state index in [9.17, 15) is 14.4 Å². The molecule has 0 fully saturated rings. The molecule has 10 nitrogen and oxygen atoms in total. The van der Waals surface area contributed by atoms with Crippen LogP contribution < -0.4 is 16.0 Å². The van der Waals surface area contributed by atoms with Crippen LogP contribution in [0.25, 0.3) is 11.2 Å². The average Bonchev–Trinajstić information content (AvgIpc) is 3.43. The Kier molecular flexibility index (Phi) is 6.40. The number of nitrogens with zero attached hydrogens (tertiary/aromatic N) is 5. The number of rotatable bonds is 8. The lowest BCUT2D eigenvalue weighted by molar-refractivity contribution is -0.143. The standard InChI is InChI=1S/C22H23N5O5S/c1-14-4-6-16(7-5-14)32-11-17-24-15(12-33-17)10-18(28)31-9-8-27-13-23-20-19(27)21(29)26(3)22(30)25(20)2/h4-7,12-13H,8-11H2,1-3H3. The van der Waals surface area contributed by atoms with Gasteiger partial charge in [-0.2, -0.15) is 0 Å². The third-order valence-corrected chi connectivity index (χ3v) is 5.99. The van der Waals surface area contributed by atoms with Gasteiger partial charge in [0.25, 0.3) is 5.56 Å². The second-order valence-electron chi connectivity index (χ2n) is 7.55. The molecule has 0 aliphatic rings. The summed E-state index contributed by atoms with van der Waals surface area (Å²) in [5.41, 5.74) is 1.46.